The van der Waals surface area contributed by atoms with Crippen molar-refractivity contribution in [1.29, 1.82) is 0 Å². The number of hydrogen-bond acceptors (Lipinski definition) is 4. The largest absolute Gasteiger partial charge is 0.464 e. The number of nitrogens with two attached hydrogens (primary N) is 1. The van der Waals surface area contributed by atoms with E-state index < -0.39 is 0 Å². The van der Waals surface area contributed by atoms with E-state index in [1.807, 2.05) is 41.0 Å². The van der Waals surface area contributed by atoms with Crippen molar-refractivity contribution in [3.05, 3.63) is 76.5 Å². The van der Waals surface area contributed by atoms with Gasteiger partial charge in [0.1, 0.15) is 11.4 Å². The maximum Gasteiger partial charge on any atom is 0.261 e. The summed E-state index contributed by atoms with van der Waals surface area (Å²) in [5.74, 6) is 1.87. The van der Waals surface area contributed by atoms with Crippen molar-refractivity contribution >= 4 is 21.9 Å². The minimum absolute atomic E-state index is 0.0647. The fourth-order valence-electron chi connectivity index (χ4n) is 4.89. The molecule has 1 aliphatic carbocycles. The summed E-state index contributed by atoms with van der Waals surface area (Å²) in [6.45, 7) is 1.45. The van der Waals surface area contributed by atoms with Gasteiger partial charge in [0, 0.05) is 18.4 Å². The van der Waals surface area contributed by atoms with Gasteiger partial charge in [0.25, 0.3) is 5.56 Å². The van der Waals surface area contributed by atoms with E-state index in [4.69, 9.17) is 15.1 Å². The van der Waals surface area contributed by atoms with E-state index in [1.165, 1.54) is 12.8 Å². The Morgan fingerprint density at radius 2 is 1.97 bits per heavy atom. The molecule has 0 saturated heterocycles. The molecule has 2 aromatic carbocycles. The van der Waals surface area contributed by atoms with Crippen LogP contribution in [-0.2, 0) is 13.0 Å². The smallest absolute Gasteiger partial charge is 0.261 e. The minimum Gasteiger partial charge on any atom is -0.464 e. The van der Waals surface area contributed by atoms with E-state index in [9.17, 15) is 4.79 Å². The first-order valence-electron chi connectivity index (χ1n) is 10.9. The highest BCUT2D eigenvalue weighted by atomic mass is 16.3. The number of aromatic nitrogens is 2. The molecular weight excluding hydrogens is 374 g/mol. The predicted molar refractivity (Wildman–Crippen MR) is 120 cm³/mol. The van der Waals surface area contributed by atoms with Crippen molar-refractivity contribution in [3.8, 4) is 0 Å². The van der Waals surface area contributed by atoms with Crippen LogP contribution in [0.15, 0.2) is 64.0 Å². The highest BCUT2D eigenvalue weighted by Crippen LogP contribution is 2.30. The Kier molecular flexibility index (Phi) is 5.13. The summed E-state index contributed by atoms with van der Waals surface area (Å²) in [6, 6.07) is 15.8. The van der Waals surface area contributed by atoms with Crippen molar-refractivity contribution in [2.45, 2.75) is 38.6 Å². The zero-order valence-corrected chi connectivity index (χ0v) is 17.1. The molecular formula is C25H27N3O2. The minimum atomic E-state index is 0.0647. The van der Waals surface area contributed by atoms with Crippen molar-refractivity contribution < 1.29 is 4.42 Å². The summed E-state index contributed by atoms with van der Waals surface area (Å²) in [7, 11) is 0. The standard InChI is InChI=1S/C25H27N3O2/c26-15-18-4-3-5-19(12-18)16-28-24(27-22-7-2-1-6-21(22)25(28)29)14-17-8-9-23-20(13-17)10-11-30-23/h1-2,6-11,13,18-19H,3-5,12,14-16,26H2. The molecule has 0 radical (unpaired) electrons. The van der Waals surface area contributed by atoms with Gasteiger partial charge in [-0.05, 0) is 73.5 Å². The van der Waals surface area contributed by atoms with E-state index in [0.29, 0.717) is 23.6 Å². The van der Waals surface area contributed by atoms with Crippen LogP contribution in [-0.4, -0.2) is 16.1 Å². The van der Waals surface area contributed by atoms with Crippen LogP contribution in [0, 0.1) is 11.8 Å². The molecule has 2 unspecified atom stereocenters. The Bertz CT molecular complexity index is 1240. The number of furan rings is 1. The SMILES string of the molecule is NCC1CCCC(Cn2c(Cc3ccc4occc4c3)nc3ccccc3c2=O)C1. The second-order valence-electron chi connectivity index (χ2n) is 8.56. The molecule has 1 fully saturated rings. The molecule has 1 saturated carbocycles. The lowest BCUT2D eigenvalue weighted by Crippen LogP contribution is -2.32. The molecule has 5 nitrogen and oxygen atoms in total. The molecule has 5 heteroatoms. The lowest BCUT2D eigenvalue weighted by molar-refractivity contribution is 0.244. The van der Waals surface area contributed by atoms with Crippen LogP contribution in [0.3, 0.4) is 0 Å². The van der Waals surface area contributed by atoms with Crippen LogP contribution in [0.25, 0.3) is 21.9 Å². The quantitative estimate of drug-likeness (QED) is 0.534. The third kappa shape index (κ3) is 3.65. The third-order valence-electron chi connectivity index (χ3n) is 6.49. The van der Waals surface area contributed by atoms with Crippen molar-refractivity contribution in [3.63, 3.8) is 0 Å². The Hall–Kier alpha value is -2.92. The monoisotopic (exact) mass is 401 g/mol. The van der Waals surface area contributed by atoms with E-state index in [1.54, 1.807) is 6.26 Å². The second kappa shape index (κ2) is 8.07. The average molecular weight is 402 g/mol. The van der Waals surface area contributed by atoms with E-state index in [2.05, 4.69) is 12.1 Å². The molecule has 0 amide bonds. The Morgan fingerprint density at radius 1 is 1.10 bits per heavy atom. The van der Waals surface area contributed by atoms with Crippen LogP contribution in [0.1, 0.15) is 37.1 Å². The molecule has 0 aliphatic heterocycles. The van der Waals surface area contributed by atoms with Gasteiger partial charge in [-0.2, -0.15) is 0 Å². The predicted octanol–water partition coefficient (Wildman–Crippen LogP) is 4.50. The van der Waals surface area contributed by atoms with Gasteiger partial charge in [-0.25, -0.2) is 4.98 Å². The zero-order chi connectivity index (χ0) is 20.5. The van der Waals surface area contributed by atoms with Gasteiger partial charge in [-0.15, -0.1) is 0 Å². The first kappa shape index (κ1) is 19.1. The van der Waals surface area contributed by atoms with Gasteiger partial charge in [-0.1, -0.05) is 24.6 Å². The van der Waals surface area contributed by atoms with Gasteiger partial charge in [0.15, 0.2) is 0 Å². The van der Waals surface area contributed by atoms with Crippen LogP contribution < -0.4 is 11.3 Å². The maximum atomic E-state index is 13.4. The molecule has 154 valence electrons. The summed E-state index contributed by atoms with van der Waals surface area (Å²) in [5, 5.41) is 1.76. The summed E-state index contributed by atoms with van der Waals surface area (Å²) in [6.07, 6.45) is 6.96. The van der Waals surface area contributed by atoms with Gasteiger partial charge in [-0.3, -0.25) is 9.36 Å². The summed E-state index contributed by atoms with van der Waals surface area (Å²) >= 11 is 0. The van der Waals surface area contributed by atoms with Crippen LogP contribution >= 0.6 is 0 Å². The van der Waals surface area contributed by atoms with Gasteiger partial charge < -0.3 is 10.2 Å². The lowest BCUT2D eigenvalue weighted by atomic mass is 9.81. The lowest BCUT2D eigenvalue weighted by Gasteiger charge is -2.29. The highest BCUT2D eigenvalue weighted by Gasteiger charge is 2.23. The fraction of sp³-hybridized carbons (Fsp3) is 0.360. The maximum absolute atomic E-state index is 13.4. The molecule has 1 aliphatic rings. The molecule has 4 aromatic rings. The van der Waals surface area contributed by atoms with E-state index in [-0.39, 0.29) is 5.56 Å². The highest BCUT2D eigenvalue weighted by molar-refractivity contribution is 5.78. The molecule has 2 heterocycles. The number of fused-ring (bicyclic) bond motifs is 2. The number of nitrogens with zero attached hydrogens (tertiary/aromatic N) is 2. The first-order chi connectivity index (χ1) is 14.7. The van der Waals surface area contributed by atoms with E-state index >= 15 is 0 Å². The molecule has 2 atom stereocenters. The van der Waals surface area contributed by atoms with Crippen LogP contribution in [0.4, 0.5) is 0 Å². The van der Waals surface area contributed by atoms with Crippen molar-refractivity contribution in [2.24, 2.45) is 17.6 Å². The molecule has 5 rings (SSSR count). The molecule has 0 bridgehead atoms. The van der Waals surface area contributed by atoms with Gasteiger partial charge in [0.2, 0.25) is 0 Å². The molecule has 0 spiro atoms. The van der Waals surface area contributed by atoms with Crippen LogP contribution in [0.2, 0.25) is 0 Å². The van der Waals surface area contributed by atoms with E-state index in [0.717, 1.165) is 53.8 Å². The molecule has 2 N–H and O–H groups in total. The zero-order valence-electron chi connectivity index (χ0n) is 17.1. The first-order valence-corrected chi connectivity index (χ1v) is 10.9. The number of para-hydroxylation sites is 1. The number of hydrogen-bond donors (Lipinski definition) is 1. The second-order valence-corrected chi connectivity index (χ2v) is 8.56. The average Bonchev–Trinajstić information content (AvgIpc) is 3.24. The number of rotatable bonds is 5. The summed E-state index contributed by atoms with van der Waals surface area (Å²) in [5.41, 5.74) is 8.77. The van der Waals surface area contributed by atoms with Crippen LogP contribution in [0.5, 0.6) is 0 Å². The Labute approximate surface area is 175 Å². The van der Waals surface area contributed by atoms with Crippen molar-refractivity contribution in [1.82, 2.24) is 9.55 Å². The third-order valence-corrected chi connectivity index (χ3v) is 6.49. The summed E-state index contributed by atoms with van der Waals surface area (Å²) < 4.78 is 7.39. The number of benzene rings is 2. The fourth-order valence-corrected chi connectivity index (χ4v) is 4.89. The molecule has 30 heavy (non-hydrogen) atoms. The summed E-state index contributed by atoms with van der Waals surface area (Å²) in [4.78, 5) is 18.3. The van der Waals surface area contributed by atoms with Gasteiger partial charge in [0.05, 0.1) is 17.2 Å². The normalized spacial score (nSPS) is 19.5. The van der Waals surface area contributed by atoms with Crippen molar-refractivity contribution in [2.75, 3.05) is 6.54 Å². The Morgan fingerprint density at radius 3 is 2.87 bits per heavy atom. The molecule has 2 aromatic heterocycles. The Balaban J connectivity index is 1.55. The topological polar surface area (TPSA) is 74.1 Å². The van der Waals surface area contributed by atoms with Gasteiger partial charge >= 0.3 is 0 Å².